The minimum atomic E-state index is 0. The average Bonchev–Trinajstić information content (AvgIpc) is 3.20. The molecule has 0 aliphatic carbocycles. The smallest absolute Gasteiger partial charge is 0.231 e. The summed E-state index contributed by atoms with van der Waals surface area (Å²) in [6.07, 6.45) is 5.79. The number of hydrogen-bond donors (Lipinski definition) is 1. The predicted octanol–water partition coefficient (Wildman–Crippen LogP) is 0.339. The third-order valence-electron chi connectivity index (χ3n) is 5.54. The van der Waals surface area contributed by atoms with E-state index in [0.29, 0.717) is 6.79 Å². The lowest BCUT2D eigenvalue weighted by atomic mass is 9.89. The number of benzene rings is 2. The number of ether oxygens (including phenoxy) is 3. The van der Waals surface area contributed by atoms with E-state index in [0.717, 1.165) is 47.8 Å². The van der Waals surface area contributed by atoms with E-state index in [1.807, 2.05) is 18.5 Å². The van der Waals surface area contributed by atoms with Gasteiger partial charge in [0.2, 0.25) is 6.79 Å². The molecule has 0 saturated carbocycles. The quantitative estimate of drug-likeness (QED) is 0.674. The van der Waals surface area contributed by atoms with Gasteiger partial charge >= 0.3 is 0 Å². The highest BCUT2D eigenvalue weighted by Crippen LogP contribution is 2.39. The van der Waals surface area contributed by atoms with Crippen LogP contribution in [-0.4, -0.2) is 20.4 Å². The number of fused-ring (bicyclic) bond motifs is 2. The molecule has 5 rings (SSSR count). The second kappa shape index (κ2) is 8.31. The maximum absolute atomic E-state index is 5.58. The highest BCUT2D eigenvalue weighted by Gasteiger charge is 2.25. The van der Waals surface area contributed by atoms with Gasteiger partial charge in [-0.15, -0.1) is 0 Å². The van der Waals surface area contributed by atoms with E-state index in [1.54, 1.807) is 7.11 Å². The molecule has 0 fully saturated rings. The van der Waals surface area contributed by atoms with E-state index >= 15 is 0 Å². The van der Waals surface area contributed by atoms with Crippen molar-refractivity contribution in [3.8, 4) is 28.4 Å². The Bertz CT molecular complexity index is 1010. The Balaban J connectivity index is 0.00000205. The molecule has 2 N–H and O–H groups in total. The summed E-state index contributed by atoms with van der Waals surface area (Å²) < 4.78 is 16.6. The summed E-state index contributed by atoms with van der Waals surface area (Å²) in [4.78, 5) is 3.13. The van der Waals surface area contributed by atoms with Crippen LogP contribution in [0.4, 0.5) is 0 Å². The molecule has 3 heterocycles. The first-order valence-corrected chi connectivity index (χ1v) is 9.61. The van der Waals surface area contributed by atoms with Gasteiger partial charge in [-0.3, -0.25) is 0 Å². The zero-order valence-electron chi connectivity index (χ0n) is 16.2. The summed E-state index contributed by atoms with van der Waals surface area (Å²) in [5, 5.41) is 3.66. The monoisotopic (exact) mass is 410 g/mol. The van der Waals surface area contributed by atoms with E-state index in [4.69, 9.17) is 14.2 Å². The van der Waals surface area contributed by atoms with Crippen molar-refractivity contribution in [3.05, 3.63) is 71.5 Å². The zero-order valence-corrected chi connectivity index (χ0v) is 17.0. The zero-order chi connectivity index (χ0) is 18.9. The molecule has 3 aromatic rings. The van der Waals surface area contributed by atoms with Crippen LogP contribution in [0.5, 0.6) is 17.2 Å². The van der Waals surface area contributed by atoms with Crippen LogP contribution in [0.25, 0.3) is 11.1 Å². The summed E-state index contributed by atoms with van der Waals surface area (Å²) >= 11 is 0. The number of H-pyrrole nitrogens is 1. The molecular formula is C23H23ClN2O3. The lowest BCUT2D eigenvalue weighted by Gasteiger charge is -2.27. The van der Waals surface area contributed by atoms with Gasteiger partial charge in [-0.2, -0.15) is 0 Å². The van der Waals surface area contributed by atoms with Crippen molar-refractivity contribution >= 4 is 0 Å². The minimum absolute atomic E-state index is 0. The molecule has 2 aliphatic rings. The van der Waals surface area contributed by atoms with Crippen LogP contribution in [0.2, 0.25) is 0 Å². The molecule has 1 unspecified atom stereocenters. The molecular weight excluding hydrogens is 388 g/mol. The number of methoxy groups -OCH3 is 1. The predicted molar refractivity (Wildman–Crippen MR) is 106 cm³/mol. The molecule has 5 nitrogen and oxygen atoms in total. The van der Waals surface area contributed by atoms with Gasteiger partial charge in [0.05, 0.1) is 12.7 Å². The van der Waals surface area contributed by atoms with E-state index in [9.17, 15) is 0 Å². The van der Waals surface area contributed by atoms with Crippen molar-refractivity contribution in [1.29, 1.82) is 0 Å². The third kappa shape index (κ3) is 3.76. The van der Waals surface area contributed by atoms with Gasteiger partial charge in [-0.05, 0) is 53.8 Å². The lowest BCUT2D eigenvalue weighted by molar-refractivity contribution is -0.377. The molecule has 0 saturated heterocycles. The van der Waals surface area contributed by atoms with Crippen molar-refractivity contribution < 1.29 is 31.6 Å². The van der Waals surface area contributed by atoms with Gasteiger partial charge in [0, 0.05) is 12.1 Å². The van der Waals surface area contributed by atoms with E-state index in [-0.39, 0.29) is 18.4 Å². The fourth-order valence-electron chi connectivity index (χ4n) is 4.09. The summed E-state index contributed by atoms with van der Waals surface area (Å²) in [6, 6.07) is 15.2. The highest BCUT2D eigenvalue weighted by atomic mass is 35.5. The first kappa shape index (κ1) is 19.6. The number of hydrogen-bond acceptors (Lipinski definition) is 4. The molecule has 1 aromatic heterocycles. The van der Waals surface area contributed by atoms with Crippen molar-refractivity contribution in [2.24, 2.45) is 0 Å². The Labute approximate surface area is 176 Å². The standard InChI is InChI=1S/C23H22N2O3.ClH/c1-26-21-7-8-24-13-19(21)16-4-2-15(3-5-16)10-20-18-12-23-22(27-14-28-23)11-17(18)6-9-25-20;/h2-5,7-8,11-13,20,25H,6,9-10,14H2,1H3;1H. The Morgan fingerprint density at radius 3 is 2.69 bits per heavy atom. The van der Waals surface area contributed by atoms with Crippen LogP contribution < -0.4 is 36.9 Å². The molecule has 0 bridgehead atoms. The third-order valence-corrected chi connectivity index (χ3v) is 5.54. The summed E-state index contributed by atoms with van der Waals surface area (Å²) in [5.41, 5.74) is 6.17. The number of aromatic amines is 1. The Kier molecular flexibility index (Phi) is 5.60. The molecule has 0 spiro atoms. The SMILES string of the molecule is COc1cc[nH+]cc1-c1ccc(CC2NCCc3cc4c(cc32)OCO4)cc1.[Cl-]. The number of halogens is 1. The molecule has 0 amide bonds. The molecule has 1 atom stereocenters. The fraction of sp³-hybridized carbons (Fsp3) is 0.261. The van der Waals surface area contributed by atoms with Crippen LogP contribution in [0.15, 0.2) is 54.9 Å². The molecule has 0 radical (unpaired) electrons. The minimum Gasteiger partial charge on any atom is -1.00 e. The van der Waals surface area contributed by atoms with Crippen molar-refractivity contribution in [2.75, 3.05) is 20.4 Å². The van der Waals surface area contributed by atoms with Crippen LogP contribution >= 0.6 is 0 Å². The van der Waals surface area contributed by atoms with Crippen LogP contribution in [0.1, 0.15) is 22.7 Å². The Morgan fingerprint density at radius 2 is 1.90 bits per heavy atom. The topological polar surface area (TPSA) is 53.9 Å². The van der Waals surface area contributed by atoms with Crippen molar-refractivity contribution in [2.45, 2.75) is 18.9 Å². The van der Waals surface area contributed by atoms with E-state index in [2.05, 4.69) is 46.7 Å². The second-order valence-corrected chi connectivity index (χ2v) is 7.19. The first-order chi connectivity index (χ1) is 13.8. The average molecular weight is 411 g/mol. The van der Waals surface area contributed by atoms with Gasteiger partial charge < -0.3 is 31.9 Å². The normalized spacial score (nSPS) is 16.7. The molecule has 29 heavy (non-hydrogen) atoms. The van der Waals surface area contributed by atoms with Crippen LogP contribution in [-0.2, 0) is 12.8 Å². The van der Waals surface area contributed by atoms with Gasteiger partial charge in [0.1, 0.15) is 5.75 Å². The van der Waals surface area contributed by atoms with Crippen molar-refractivity contribution in [3.63, 3.8) is 0 Å². The Morgan fingerprint density at radius 1 is 1.10 bits per heavy atom. The Hall–Kier alpha value is -2.76. The molecule has 6 heteroatoms. The van der Waals surface area contributed by atoms with Crippen molar-refractivity contribution in [1.82, 2.24) is 5.32 Å². The maximum atomic E-state index is 5.58. The summed E-state index contributed by atoms with van der Waals surface area (Å²) in [5.74, 6) is 2.60. The first-order valence-electron chi connectivity index (χ1n) is 9.61. The highest BCUT2D eigenvalue weighted by molar-refractivity contribution is 5.68. The van der Waals surface area contributed by atoms with Gasteiger partial charge in [-0.1, -0.05) is 24.3 Å². The number of aromatic nitrogens is 1. The largest absolute Gasteiger partial charge is 1.00 e. The van der Waals surface area contributed by atoms with Gasteiger partial charge in [0.15, 0.2) is 23.9 Å². The van der Waals surface area contributed by atoms with Crippen LogP contribution in [0, 0.1) is 0 Å². The summed E-state index contributed by atoms with van der Waals surface area (Å²) in [6.45, 7) is 1.30. The fourth-order valence-corrected chi connectivity index (χ4v) is 4.09. The molecule has 2 aromatic carbocycles. The molecule has 150 valence electrons. The number of pyridine rings is 1. The summed E-state index contributed by atoms with van der Waals surface area (Å²) in [7, 11) is 1.70. The van der Waals surface area contributed by atoms with Gasteiger partial charge in [-0.25, -0.2) is 4.98 Å². The number of nitrogens with one attached hydrogen (secondary N) is 2. The number of rotatable bonds is 4. The van der Waals surface area contributed by atoms with E-state index < -0.39 is 0 Å². The van der Waals surface area contributed by atoms with Gasteiger partial charge in [0.25, 0.3) is 0 Å². The molecule has 2 aliphatic heterocycles. The van der Waals surface area contributed by atoms with E-state index in [1.165, 1.54) is 16.7 Å². The van der Waals surface area contributed by atoms with Crippen LogP contribution in [0.3, 0.4) is 0 Å². The second-order valence-electron chi connectivity index (χ2n) is 7.19. The lowest BCUT2D eigenvalue weighted by Crippen LogP contribution is -3.00. The maximum Gasteiger partial charge on any atom is 0.231 e.